The number of fused-ring (bicyclic) bond motifs is 1. The van der Waals surface area contributed by atoms with Crippen LogP contribution < -0.4 is 20.3 Å². The van der Waals surface area contributed by atoms with Gasteiger partial charge >= 0.3 is 0 Å². The number of hydrazine groups is 1. The van der Waals surface area contributed by atoms with Crippen molar-refractivity contribution in [3.05, 3.63) is 65.1 Å². The summed E-state index contributed by atoms with van der Waals surface area (Å²) in [6.45, 7) is 1.63. The second-order valence-electron chi connectivity index (χ2n) is 5.94. The molecular weight excluding hydrogens is 365 g/mol. The van der Waals surface area contributed by atoms with E-state index in [1.54, 1.807) is 25.1 Å². The monoisotopic (exact) mass is 383 g/mol. The highest BCUT2D eigenvalue weighted by molar-refractivity contribution is 6.01. The highest BCUT2D eigenvalue weighted by Crippen LogP contribution is 2.27. The van der Waals surface area contributed by atoms with Crippen LogP contribution in [0.3, 0.4) is 0 Å². The molecule has 2 aromatic carbocycles. The normalized spacial score (nSPS) is 10.4. The number of rotatable bonds is 4. The van der Waals surface area contributed by atoms with Gasteiger partial charge in [0.25, 0.3) is 11.8 Å². The number of methoxy groups -OCH3 is 2. The van der Waals surface area contributed by atoms with Gasteiger partial charge in [-0.1, -0.05) is 0 Å². The van der Waals surface area contributed by atoms with E-state index >= 15 is 0 Å². The lowest BCUT2D eigenvalue weighted by Gasteiger charge is -2.12. The van der Waals surface area contributed by atoms with Crippen molar-refractivity contribution in [1.29, 1.82) is 0 Å². The summed E-state index contributed by atoms with van der Waals surface area (Å²) >= 11 is 0. The molecule has 1 heterocycles. The largest absolute Gasteiger partial charge is 0.493 e. The minimum absolute atomic E-state index is 0.270. The summed E-state index contributed by atoms with van der Waals surface area (Å²) in [6, 6.07) is 10.3. The third-order valence-corrected chi connectivity index (χ3v) is 4.15. The molecule has 28 heavy (non-hydrogen) atoms. The van der Waals surface area contributed by atoms with Gasteiger partial charge in [0.05, 0.1) is 31.0 Å². The average Bonchev–Trinajstić information content (AvgIpc) is 2.70. The molecule has 7 nitrogen and oxygen atoms in total. The van der Waals surface area contributed by atoms with E-state index in [9.17, 15) is 14.0 Å². The first-order valence-electron chi connectivity index (χ1n) is 8.32. The molecule has 2 N–H and O–H groups in total. The third-order valence-electron chi connectivity index (χ3n) is 4.15. The zero-order chi connectivity index (χ0) is 20.3. The van der Waals surface area contributed by atoms with E-state index in [0.29, 0.717) is 28.1 Å². The predicted octanol–water partition coefficient (Wildman–Crippen LogP) is 2.77. The number of carbonyl (C=O) groups is 2. The number of aromatic nitrogens is 1. The maximum absolute atomic E-state index is 13.3. The summed E-state index contributed by atoms with van der Waals surface area (Å²) in [5.41, 5.74) is 6.11. The van der Waals surface area contributed by atoms with E-state index in [0.717, 1.165) is 0 Å². The molecule has 8 heteroatoms. The maximum Gasteiger partial charge on any atom is 0.271 e. The van der Waals surface area contributed by atoms with Crippen LogP contribution in [-0.2, 0) is 0 Å². The summed E-state index contributed by atoms with van der Waals surface area (Å²) in [4.78, 5) is 29.0. The Bertz CT molecular complexity index is 1070. The lowest BCUT2D eigenvalue weighted by atomic mass is 10.1. The lowest BCUT2D eigenvalue weighted by molar-refractivity contribution is 0.0846. The van der Waals surface area contributed by atoms with Crippen molar-refractivity contribution in [2.45, 2.75) is 6.92 Å². The molecule has 0 saturated heterocycles. The van der Waals surface area contributed by atoms with Gasteiger partial charge in [-0.15, -0.1) is 0 Å². The second kappa shape index (κ2) is 7.91. The van der Waals surface area contributed by atoms with E-state index in [4.69, 9.17) is 9.47 Å². The molecule has 1 aromatic heterocycles. The SMILES string of the molecule is COc1ccc(C(=O)NNC(=O)c2cc3ccc(F)cc3nc2C)cc1OC. The Hall–Kier alpha value is -3.68. The van der Waals surface area contributed by atoms with Crippen molar-refractivity contribution in [3.63, 3.8) is 0 Å². The second-order valence-corrected chi connectivity index (χ2v) is 5.94. The molecule has 0 aliphatic heterocycles. The molecule has 0 aliphatic carbocycles. The number of halogens is 1. The molecule has 2 amide bonds. The summed E-state index contributed by atoms with van der Waals surface area (Å²) < 4.78 is 23.6. The summed E-state index contributed by atoms with van der Waals surface area (Å²) in [6.07, 6.45) is 0. The molecule has 0 aliphatic rings. The number of carbonyl (C=O) groups excluding carboxylic acids is 2. The number of pyridine rings is 1. The van der Waals surface area contributed by atoms with Gasteiger partial charge in [0.2, 0.25) is 0 Å². The van der Waals surface area contributed by atoms with E-state index in [-0.39, 0.29) is 11.1 Å². The number of aryl methyl sites for hydroxylation is 1. The maximum atomic E-state index is 13.3. The Morgan fingerprint density at radius 1 is 0.929 bits per heavy atom. The molecule has 0 radical (unpaired) electrons. The van der Waals surface area contributed by atoms with Crippen LogP contribution in [-0.4, -0.2) is 31.0 Å². The van der Waals surface area contributed by atoms with Gasteiger partial charge in [-0.3, -0.25) is 25.4 Å². The molecule has 3 aromatic rings. The molecule has 3 rings (SSSR count). The van der Waals surface area contributed by atoms with Crippen LogP contribution in [0.2, 0.25) is 0 Å². The van der Waals surface area contributed by atoms with Gasteiger partial charge in [0.15, 0.2) is 11.5 Å². The minimum Gasteiger partial charge on any atom is -0.493 e. The van der Waals surface area contributed by atoms with Crippen LogP contribution in [0.25, 0.3) is 10.9 Å². The van der Waals surface area contributed by atoms with Crippen molar-refractivity contribution in [2.75, 3.05) is 14.2 Å². The summed E-state index contributed by atoms with van der Waals surface area (Å²) in [7, 11) is 2.95. The van der Waals surface area contributed by atoms with Gasteiger partial charge in [0.1, 0.15) is 5.82 Å². The molecule has 0 bridgehead atoms. The number of ether oxygens (including phenoxy) is 2. The van der Waals surface area contributed by atoms with E-state index in [2.05, 4.69) is 15.8 Å². The predicted molar refractivity (Wildman–Crippen MR) is 101 cm³/mol. The van der Waals surface area contributed by atoms with Gasteiger partial charge in [-0.2, -0.15) is 0 Å². The fraction of sp³-hybridized carbons (Fsp3) is 0.150. The zero-order valence-corrected chi connectivity index (χ0v) is 15.5. The number of nitrogens with one attached hydrogen (secondary N) is 2. The number of nitrogens with zero attached hydrogens (tertiary/aromatic N) is 1. The molecule has 0 unspecified atom stereocenters. The molecular formula is C20H18FN3O4. The van der Waals surface area contributed by atoms with Crippen LogP contribution in [0.1, 0.15) is 26.4 Å². The lowest BCUT2D eigenvalue weighted by Crippen LogP contribution is -2.42. The van der Waals surface area contributed by atoms with Crippen molar-refractivity contribution >= 4 is 22.7 Å². The number of hydrogen-bond donors (Lipinski definition) is 2. The smallest absolute Gasteiger partial charge is 0.271 e. The fourth-order valence-electron chi connectivity index (χ4n) is 2.70. The number of benzene rings is 2. The van der Waals surface area contributed by atoms with Crippen molar-refractivity contribution < 1.29 is 23.5 Å². The van der Waals surface area contributed by atoms with Gasteiger partial charge in [-0.05, 0) is 43.3 Å². The number of amides is 2. The molecule has 144 valence electrons. The van der Waals surface area contributed by atoms with Crippen LogP contribution in [0.15, 0.2) is 42.5 Å². The van der Waals surface area contributed by atoms with Gasteiger partial charge < -0.3 is 9.47 Å². The first-order valence-corrected chi connectivity index (χ1v) is 8.32. The standard InChI is InChI=1S/C20H18FN3O4/c1-11-15(8-12-4-6-14(21)10-16(12)22-11)20(26)24-23-19(25)13-5-7-17(27-2)18(9-13)28-3/h4-10H,1-3H3,(H,23,25)(H,24,26). The summed E-state index contributed by atoms with van der Waals surface area (Å²) in [5, 5.41) is 0.614. The first-order chi connectivity index (χ1) is 13.4. The van der Waals surface area contributed by atoms with Crippen LogP contribution in [0.4, 0.5) is 4.39 Å². The van der Waals surface area contributed by atoms with E-state index < -0.39 is 17.6 Å². The molecule has 0 fully saturated rings. The van der Waals surface area contributed by atoms with Crippen LogP contribution in [0, 0.1) is 12.7 Å². The van der Waals surface area contributed by atoms with Crippen LogP contribution in [0.5, 0.6) is 11.5 Å². The van der Waals surface area contributed by atoms with E-state index in [1.807, 2.05) is 0 Å². The van der Waals surface area contributed by atoms with Gasteiger partial charge in [0, 0.05) is 17.0 Å². The van der Waals surface area contributed by atoms with Crippen molar-refractivity contribution in [2.24, 2.45) is 0 Å². The van der Waals surface area contributed by atoms with Crippen molar-refractivity contribution in [1.82, 2.24) is 15.8 Å². The Morgan fingerprint density at radius 2 is 1.64 bits per heavy atom. The fourth-order valence-corrected chi connectivity index (χ4v) is 2.70. The highest BCUT2D eigenvalue weighted by atomic mass is 19.1. The quantitative estimate of drug-likeness (QED) is 0.677. The Kier molecular flexibility index (Phi) is 5.39. The topological polar surface area (TPSA) is 89.6 Å². The Balaban J connectivity index is 1.75. The van der Waals surface area contributed by atoms with Crippen molar-refractivity contribution in [3.8, 4) is 11.5 Å². The Morgan fingerprint density at radius 3 is 2.36 bits per heavy atom. The molecule has 0 atom stereocenters. The van der Waals surface area contributed by atoms with E-state index in [1.165, 1.54) is 38.5 Å². The van der Waals surface area contributed by atoms with Gasteiger partial charge in [-0.25, -0.2) is 4.39 Å². The average molecular weight is 383 g/mol. The molecule has 0 spiro atoms. The Labute approximate surface area is 160 Å². The minimum atomic E-state index is -0.537. The first kappa shape index (κ1) is 19.1. The summed E-state index contributed by atoms with van der Waals surface area (Å²) in [5.74, 6) is -0.590. The highest BCUT2D eigenvalue weighted by Gasteiger charge is 2.15. The van der Waals surface area contributed by atoms with Crippen LogP contribution >= 0.6 is 0 Å². The molecule has 0 saturated carbocycles. The zero-order valence-electron chi connectivity index (χ0n) is 15.5. The number of hydrogen-bond acceptors (Lipinski definition) is 5. The third kappa shape index (κ3) is 3.85.